The van der Waals surface area contributed by atoms with Gasteiger partial charge in [-0.15, -0.1) is 5.10 Å². The fraction of sp³-hybridized carbons (Fsp3) is 0.846. The Labute approximate surface area is 109 Å². The molecule has 1 aliphatic rings. The molecule has 5 nitrogen and oxygen atoms in total. The average molecular weight is 252 g/mol. The van der Waals surface area contributed by atoms with Gasteiger partial charge in [0.15, 0.2) is 0 Å². The Morgan fingerprint density at radius 1 is 1.44 bits per heavy atom. The lowest BCUT2D eigenvalue weighted by Gasteiger charge is -2.36. The number of likely N-dealkylation sites (N-methyl/N-ethyl adjacent to an activating group) is 1. The van der Waals surface area contributed by atoms with Gasteiger partial charge in [0.25, 0.3) is 0 Å². The van der Waals surface area contributed by atoms with Crippen LogP contribution in [-0.2, 0) is 11.3 Å². The molecule has 5 heteroatoms. The molecule has 18 heavy (non-hydrogen) atoms. The van der Waals surface area contributed by atoms with E-state index in [4.69, 9.17) is 4.74 Å². The molecule has 1 atom stereocenters. The van der Waals surface area contributed by atoms with Crippen LogP contribution in [0.15, 0.2) is 6.20 Å². The maximum absolute atomic E-state index is 5.91. The van der Waals surface area contributed by atoms with Crippen molar-refractivity contribution in [1.29, 1.82) is 0 Å². The summed E-state index contributed by atoms with van der Waals surface area (Å²) in [5.74, 6) is 0. The minimum atomic E-state index is -0.0926. The summed E-state index contributed by atoms with van der Waals surface area (Å²) in [5, 5.41) is 11.8. The predicted octanol–water partition coefficient (Wildman–Crippen LogP) is 1.91. The maximum atomic E-state index is 5.91. The highest BCUT2D eigenvalue weighted by molar-refractivity contribution is 5.12. The third kappa shape index (κ3) is 2.29. The first-order valence-corrected chi connectivity index (χ1v) is 6.94. The van der Waals surface area contributed by atoms with Crippen LogP contribution in [0.5, 0.6) is 0 Å². The maximum Gasteiger partial charge on any atom is 0.0888 e. The summed E-state index contributed by atoms with van der Waals surface area (Å²) in [7, 11) is 1.83. The van der Waals surface area contributed by atoms with Crippen molar-refractivity contribution in [1.82, 2.24) is 20.3 Å². The molecule has 1 aromatic rings. The molecule has 0 saturated heterocycles. The van der Waals surface area contributed by atoms with Crippen LogP contribution >= 0.6 is 0 Å². The summed E-state index contributed by atoms with van der Waals surface area (Å²) in [6.07, 6.45) is 6.56. The van der Waals surface area contributed by atoms with Crippen molar-refractivity contribution in [3.8, 4) is 0 Å². The molecule has 1 saturated carbocycles. The van der Waals surface area contributed by atoms with Gasteiger partial charge in [-0.2, -0.15) is 0 Å². The summed E-state index contributed by atoms with van der Waals surface area (Å²) in [4.78, 5) is 0. The Kier molecular flexibility index (Phi) is 4.35. The van der Waals surface area contributed by atoms with Crippen LogP contribution in [0.25, 0.3) is 0 Å². The van der Waals surface area contributed by atoms with Crippen molar-refractivity contribution in [2.75, 3.05) is 13.7 Å². The standard InChI is InChI=1S/C13H24N4O/c1-4-14-12(11-10-15-16-17(11)5-2)13(18-3)8-6-7-9-13/h10,12,14H,4-9H2,1-3H3. The summed E-state index contributed by atoms with van der Waals surface area (Å²) in [5.41, 5.74) is 1.05. The summed E-state index contributed by atoms with van der Waals surface area (Å²) < 4.78 is 7.87. The van der Waals surface area contributed by atoms with Gasteiger partial charge in [-0.05, 0) is 26.3 Å². The summed E-state index contributed by atoms with van der Waals surface area (Å²) in [6.45, 7) is 5.99. The van der Waals surface area contributed by atoms with E-state index in [0.717, 1.165) is 31.6 Å². The molecule has 0 amide bonds. The Morgan fingerprint density at radius 2 is 2.17 bits per heavy atom. The highest BCUT2D eigenvalue weighted by Crippen LogP contribution is 2.42. The number of aromatic nitrogens is 3. The zero-order valence-electron chi connectivity index (χ0n) is 11.6. The molecule has 0 aromatic carbocycles. The molecule has 0 spiro atoms. The third-order valence-electron chi connectivity index (χ3n) is 4.03. The van der Waals surface area contributed by atoms with Crippen molar-refractivity contribution in [3.05, 3.63) is 11.9 Å². The van der Waals surface area contributed by atoms with Crippen LogP contribution in [0.3, 0.4) is 0 Å². The van der Waals surface area contributed by atoms with Crippen LogP contribution in [-0.4, -0.2) is 34.2 Å². The zero-order chi connectivity index (χ0) is 13.0. The SMILES string of the molecule is CCNC(c1cnnn1CC)C1(OC)CCCC1. The third-order valence-corrected chi connectivity index (χ3v) is 4.03. The monoisotopic (exact) mass is 252 g/mol. The highest BCUT2D eigenvalue weighted by atomic mass is 16.5. The van der Waals surface area contributed by atoms with E-state index in [2.05, 4.69) is 29.5 Å². The second-order valence-electron chi connectivity index (χ2n) is 4.94. The number of hydrogen-bond donors (Lipinski definition) is 1. The Bertz CT molecular complexity index is 371. The molecule has 1 N–H and O–H groups in total. The average Bonchev–Trinajstić information content (AvgIpc) is 3.05. The molecular formula is C13H24N4O. The first kappa shape index (κ1) is 13.5. The fourth-order valence-corrected chi connectivity index (χ4v) is 3.08. The van der Waals surface area contributed by atoms with Gasteiger partial charge in [-0.1, -0.05) is 25.0 Å². The van der Waals surface area contributed by atoms with Gasteiger partial charge in [-0.25, -0.2) is 4.68 Å². The van der Waals surface area contributed by atoms with Crippen molar-refractivity contribution in [3.63, 3.8) is 0 Å². The first-order valence-electron chi connectivity index (χ1n) is 6.94. The Balaban J connectivity index is 2.32. The van der Waals surface area contributed by atoms with Gasteiger partial charge in [0.2, 0.25) is 0 Å². The number of aryl methyl sites for hydroxylation is 1. The van der Waals surface area contributed by atoms with Crippen LogP contribution in [0.4, 0.5) is 0 Å². The first-order chi connectivity index (χ1) is 8.77. The number of ether oxygens (including phenoxy) is 1. The van der Waals surface area contributed by atoms with Gasteiger partial charge in [0.1, 0.15) is 0 Å². The number of nitrogens with one attached hydrogen (secondary N) is 1. The predicted molar refractivity (Wildman–Crippen MR) is 70.3 cm³/mol. The number of methoxy groups -OCH3 is 1. The minimum Gasteiger partial charge on any atom is -0.376 e. The molecule has 0 aliphatic heterocycles. The Hall–Kier alpha value is -0.940. The van der Waals surface area contributed by atoms with E-state index in [1.54, 1.807) is 0 Å². The van der Waals surface area contributed by atoms with E-state index in [9.17, 15) is 0 Å². The summed E-state index contributed by atoms with van der Waals surface area (Å²) >= 11 is 0. The molecule has 1 unspecified atom stereocenters. The molecule has 102 valence electrons. The largest absolute Gasteiger partial charge is 0.376 e. The lowest BCUT2D eigenvalue weighted by Crippen LogP contribution is -2.44. The number of nitrogens with zero attached hydrogens (tertiary/aromatic N) is 3. The molecule has 0 radical (unpaired) electrons. The van der Waals surface area contributed by atoms with E-state index in [1.165, 1.54) is 12.8 Å². The molecule has 1 aromatic heterocycles. The van der Waals surface area contributed by atoms with Crippen LogP contribution < -0.4 is 5.32 Å². The smallest absolute Gasteiger partial charge is 0.0888 e. The molecule has 1 aliphatic carbocycles. The van der Waals surface area contributed by atoms with Crippen molar-refractivity contribution in [2.45, 2.75) is 57.7 Å². The normalized spacial score (nSPS) is 20.2. The number of rotatable bonds is 6. The molecule has 1 fully saturated rings. The minimum absolute atomic E-state index is 0.0926. The van der Waals surface area contributed by atoms with Crippen molar-refractivity contribution < 1.29 is 4.74 Å². The topological polar surface area (TPSA) is 52.0 Å². The van der Waals surface area contributed by atoms with Crippen LogP contribution in [0, 0.1) is 0 Å². The molecule has 0 bridgehead atoms. The highest BCUT2D eigenvalue weighted by Gasteiger charge is 2.43. The van der Waals surface area contributed by atoms with Gasteiger partial charge in [-0.3, -0.25) is 0 Å². The van der Waals surface area contributed by atoms with Crippen molar-refractivity contribution >= 4 is 0 Å². The fourth-order valence-electron chi connectivity index (χ4n) is 3.08. The molecule has 1 heterocycles. The van der Waals surface area contributed by atoms with Gasteiger partial charge >= 0.3 is 0 Å². The van der Waals surface area contributed by atoms with Gasteiger partial charge in [0, 0.05) is 13.7 Å². The van der Waals surface area contributed by atoms with E-state index < -0.39 is 0 Å². The summed E-state index contributed by atoms with van der Waals surface area (Å²) in [6, 6.07) is 0.185. The van der Waals surface area contributed by atoms with E-state index >= 15 is 0 Å². The lowest BCUT2D eigenvalue weighted by molar-refractivity contribution is -0.0385. The van der Waals surface area contributed by atoms with Gasteiger partial charge < -0.3 is 10.1 Å². The number of hydrogen-bond acceptors (Lipinski definition) is 4. The second-order valence-corrected chi connectivity index (χ2v) is 4.94. The van der Waals surface area contributed by atoms with E-state index in [-0.39, 0.29) is 11.6 Å². The molecular weight excluding hydrogens is 228 g/mol. The Morgan fingerprint density at radius 3 is 2.72 bits per heavy atom. The van der Waals surface area contributed by atoms with Crippen molar-refractivity contribution in [2.24, 2.45) is 0 Å². The van der Waals surface area contributed by atoms with Gasteiger partial charge in [0.05, 0.1) is 23.5 Å². The van der Waals surface area contributed by atoms with E-state index in [0.29, 0.717) is 0 Å². The molecule has 2 rings (SSSR count). The van der Waals surface area contributed by atoms with Crippen LogP contribution in [0.1, 0.15) is 51.3 Å². The van der Waals surface area contributed by atoms with E-state index in [1.807, 2.05) is 18.0 Å². The zero-order valence-corrected chi connectivity index (χ0v) is 11.6. The lowest BCUT2D eigenvalue weighted by atomic mass is 9.89. The quantitative estimate of drug-likeness (QED) is 0.840. The second kappa shape index (κ2) is 5.80. The van der Waals surface area contributed by atoms with Crippen LogP contribution in [0.2, 0.25) is 0 Å².